The van der Waals surface area contributed by atoms with Gasteiger partial charge in [-0.15, -0.1) is 0 Å². The Hall–Kier alpha value is -2.77. The standard InChI is InChI=1S/C16H10ClFN2O4/c17-13-7-9(18)5-6-10(13)15-12(8-21)16(24-19-15)11-3-1-2-4-14(11)20(22)23/h1-7,21H,8H2. The van der Waals surface area contributed by atoms with Gasteiger partial charge in [-0.1, -0.05) is 28.9 Å². The highest BCUT2D eigenvalue weighted by molar-refractivity contribution is 6.33. The third-order valence-electron chi connectivity index (χ3n) is 3.48. The van der Waals surface area contributed by atoms with E-state index in [0.717, 1.165) is 6.07 Å². The van der Waals surface area contributed by atoms with Crippen molar-refractivity contribution in [2.75, 3.05) is 0 Å². The normalized spacial score (nSPS) is 10.8. The lowest BCUT2D eigenvalue weighted by atomic mass is 10.0. The lowest BCUT2D eigenvalue weighted by Crippen LogP contribution is -1.94. The maximum atomic E-state index is 13.2. The number of rotatable bonds is 4. The molecule has 0 fully saturated rings. The van der Waals surface area contributed by atoms with Gasteiger partial charge in [0, 0.05) is 11.6 Å². The second-order valence-electron chi connectivity index (χ2n) is 4.90. The quantitative estimate of drug-likeness (QED) is 0.563. The summed E-state index contributed by atoms with van der Waals surface area (Å²) in [6, 6.07) is 9.65. The first-order valence-corrected chi connectivity index (χ1v) is 7.19. The van der Waals surface area contributed by atoms with Gasteiger partial charge in [0.05, 0.1) is 27.7 Å². The topological polar surface area (TPSA) is 89.4 Å². The van der Waals surface area contributed by atoms with E-state index in [1.807, 2.05) is 0 Å². The van der Waals surface area contributed by atoms with Crippen molar-refractivity contribution < 1.29 is 18.9 Å². The number of aliphatic hydroxyl groups is 1. The number of halogens is 2. The van der Waals surface area contributed by atoms with Crippen molar-refractivity contribution in [1.29, 1.82) is 0 Å². The lowest BCUT2D eigenvalue weighted by Gasteiger charge is -2.04. The summed E-state index contributed by atoms with van der Waals surface area (Å²) in [6.45, 7) is -0.478. The average Bonchev–Trinajstić information content (AvgIpc) is 2.98. The largest absolute Gasteiger partial charge is 0.391 e. The van der Waals surface area contributed by atoms with Gasteiger partial charge in [0.2, 0.25) is 0 Å². The summed E-state index contributed by atoms with van der Waals surface area (Å²) < 4.78 is 18.4. The molecule has 1 heterocycles. The third kappa shape index (κ3) is 2.75. The number of aliphatic hydroxyl groups excluding tert-OH is 1. The molecule has 1 N–H and O–H groups in total. The molecule has 0 radical (unpaired) electrons. The Morgan fingerprint density at radius 3 is 2.67 bits per heavy atom. The molecule has 0 saturated carbocycles. The maximum absolute atomic E-state index is 13.2. The Kier molecular flexibility index (Phi) is 4.28. The Bertz CT molecular complexity index is 926. The van der Waals surface area contributed by atoms with Crippen LogP contribution in [0.2, 0.25) is 5.02 Å². The van der Waals surface area contributed by atoms with E-state index in [-0.39, 0.29) is 33.3 Å². The Labute approximate surface area is 140 Å². The molecule has 0 aliphatic rings. The molecule has 0 aliphatic carbocycles. The fraction of sp³-hybridized carbons (Fsp3) is 0.0625. The summed E-state index contributed by atoms with van der Waals surface area (Å²) in [6.07, 6.45) is 0. The molecule has 0 aliphatic heterocycles. The van der Waals surface area contributed by atoms with E-state index in [4.69, 9.17) is 16.1 Å². The summed E-state index contributed by atoms with van der Waals surface area (Å²) in [7, 11) is 0. The minimum Gasteiger partial charge on any atom is -0.391 e. The summed E-state index contributed by atoms with van der Waals surface area (Å²) in [5.41, 5.74) is 0.799. The van der Waals surface area contributed by atoms with Gasteiger partial charge < -0.3 is 9.63 Å². The highest BCUT2D eigenvalue weighted by Crippen LogP contribution is 2.38. The van der Waals surface area contributed by atoms with Crippen molar-refractivity contribution in [3.63, 3.8) is 0 Å². The molecule has 122 valence electrons. The molecule has 0 unspecified atom stereocenters. The molecule has 0 bridgehead atoms. The van der Waals surface area contributed by atoms with Gasteiger partial charge in [-0.25, -0.2) is 4.39 Å². The number of nitro benzene ring substituents is 1. The number of nitro groups is 1. The van der Waals surface area contributed by atoms with Gasteiger partial charge in [0.1, 0.15) is 11.5 Å². The second-order valence-corrected chi connectivity index (χ2v) is 5.30. The predicted octanol–water partition coefficient (Wildman–Crippen LogP) is 4.20. The number of aromatic nitrogens is 1. The van der Waals surface area contributed by atoms with Crippen LogP contribution < -0.4 is 0 Å². The minimum absolute atomic E-state index is 0.0696. The van der Waals surface area contributed by atoms with Gasteiger partial charge in [-0.05, 0) is 24.3 Å². The van der Waals surface area contributed by atoms with Crippen molar-refractivity contribution >= 4 is 17.3 Å². The predicted molar refractivity (Wildman–Crippen MR) is 84.9 cm³/mol. The fourth-order valence-corrected chi connectivity index (χ4v) is 2.64. The Morgan fingerprint density at radius 1 is 1.25 bits per heavy atom. The van der Waals surface area contributed by atoms with Crippen LogP contribution in [0, 0.1) is 15.9 Å². The van der Waals surface area contributed by atoms with E-state index in [9.17, 15) is 19.6 Å². The molecule has 2 aromatic carbocycles. The number of hydrogen-bond acceptors (Lipinski definition) is 5. The van der Waals surface area contributed by atoms with Crippen molar-refractivity contribution in [1.82, 2.24) is 5.16 Å². The second kappa shape index (κ2) is 6.38. The van der Waals surface area contributed by atoms with Crippen molar-refractivity contribution in [3.8, 4) is 22.6 Å². The van der Waals surface area contributed by atoms with Crippen LogP contribution in [0.3, 0.4) is 0 Å². The van der Waals surface area contributed by atoms with Gasteiger partial charge >= 0.3 is 0 Å². The van der Waals surface area contributed by atoms with Crippen LogP contribution in [0.5, 0.6) is 0 Å². The maximum Gasteiger partial charge on any atom is 0.280 e. The smallest absolute Gasteiger partial charge is 0.280 e. The van der Waals surface area contributed by atoms with Crippen LogP contribution in [0.4, 0.5) is 10.1 Å². The van der Waals surface area contributed by atoms with E-state index < -0.39 is 17.3 Å². The highest BCUT2D eigenvalue weighted by Gasteiger charge is 2.25. The first kappa shape index (κ1) is 16.1. The molecule has 8 heteroatoms. The molecule has 0 spiro atoms. The number of hydrogen-bond donors (Lipinski definition) is 1. The first-order valence-electron chi connectivity index (χ1n) is 6.81. The van der Waals surface area contributed by atoms with Crippen LogP contribution in [0.15, 0.2) is 47.0 Å². The van der Waals surface area contributed by atoms with Gasteiger partial charge in [-0.2, -0.15) is 0 Å². The van der Waals surface area contributed by atoms with Crippen LogP contribution in [0.1, 0.15) is 5.56 Å². The van der Waals surface area contributed by atoms with E-state index in [2.05, 4.69) is 5.16 Å². The summed E-state index contributed by atoms with van der Waals surface area (Å²) in [5.74, 6) is -0.447. The summed E-state index contributed by atoms with van der Waals surface area (Å²) in [5, 5.41) is 24.8. The minimum atomic E-state index is -0.552. The molecule has 0 amide bonds. The summed E-state index contributed by atoms with van der Waals surface area (Å²) in [4.78, 5) is 10.6. The van der Waals surface area contributed by atoms with Crippen LogP contribution in [-0.2, 0) is 6.61 Å². The molecule has 1 aromatic heterocycles. The van der Waals surface area contributed by atoms with Crippen molar-refractivity contribution in [3.05, 3.63) is 69.0 Å². The average molecular weight is 349 g/mol. The van der Waals surface area contributed by atoms with E-state index in [1.165, 1.54) is 30.3 Å². The van der Waals surface area contributed by atoms with Gasteiger partial charge in [0.15, 0.2) is 5.76 Å². The Balaban J connectivity index is 2.20. The van der Waals surface area contributed by atoms with Gasteiger partial charge in [-0.3, -0.25) is 10.1 Å². The van der Waals surface area contributed by atoms with Crippen LogP contribution in [0.25, 0.3) is 22.6 Å². The molecular formula is C16H10ClFN2O4. The van der Waals surface area contributed by atoms with E-state index >= 15 is 0 Å². The number of para-hydroxylation sites is 1. The van der Waals surface area contributed by atoms with E-state index in [0.29, 0.717) is 5.56 Å². The lowest BCUT2D eigenvalue weighted by molar-refractivity contribution is -0.384. The zero-order valence-corrected chi connectivity index (χ0v) is 12.8. The molecular weight excluding hydrogens is 339 g/mol. The molecule has 24 heavy (non-hydrogen) atoms. The third-order valence-corrected chi connectivity index (χ3v) is 3.79. The molecule has 3 rings (SSSR count). The number of nitrogens with zero attached hydrogens (tertiary/aromatic N) is 2. The molecule has 0 atom stereocenters. The first-order chi connectivity index (χ1) is 11.5. The SMILES string of the molecule is O=[N+]([O-])c1ccccc1-c1onc(-c2ccc(F)cc2Cl)c1CO. The molecule has 0 saturated heterocycles. The molecule has 3 aromatic rings. The Morgan fingerprint density at radius 2 is 2.00 bits per heavy atom. The number of benzene rings is 2. The summed E-state index contributed by atoms with van der Waals surface area (Å²) >= 11 is 6.02. The fourth-order valence-electron chi connectivity index (χ4n) is 2.39. The highest BCUT2D eigenvalue weighted by atomic mass is 35.5. The van der Waals surface area contributed by atoms with Crippen LogP contribution in [-0.4, -0.2) is 15.2 Å². The van der Waals surface area contributed by atoms with E-state index in [1.54, 1.807) is 6.07 Å². The monoisotopic (exact) mass is 348 g/mol. The van der Waals surface area contributed by atoms with Crippen LogP contribution >= 0.6 is 11.6 Å². The zero-order chi connectivity index (χ0) is 17.3. The molecule has 6 nitrogen and oxygen atoms in total. The van der Waals surface area contributed by atoms with Crippen molar-refractivity contribution in [2.45, 2.75) is 6.61 Å². The van der Waals surface area contributed by atoms with Crippen molar-refractivity contribution in [2.24, 2.45) is 0 Å². The van der Waals surface area contributed by atoms with Gasteiger partial charge in [0.25, 0.3) is 5.69 Å². The zero-order valence-electron chi connectivity index (χ0n) is 12.1.